The summed E-state index contributed by atoms with van der Waals surface area (Å²) in [7, 11) is 0. The number of carbonyl (C=O) groups excluding carboxylic acids is 2. The van der Waals surface area contributed by atoms with E-state index in [0.717, 1.165) is 30.8 Å². The standard InChI is InChI=1S/C23H31N3O3/c1-5-26(6-2)14-13-24-23(28)19-8-10-20(11-9-19)25-22(27)16-29-21-12-7-17(3)15-18(21)4/h7-12,15H,5-6,13-14,16H2,1-4H3,(H,24,28)(H,25,27). The zero-order chi connectivity index (χ0) is 21.2. The Morgan fingerprint density at radius 3 is 2.31 bits per heavy atom. The van der Waals surface area contributed by atoms with Gasteiger partial charge in [-0.25, -0.2) is 0 Å². The molecule has 0 bridgehead atoms. The average molecular weight is 398 g/mol. The smallest absolute Gasteiger partial charge is 0.262 e. The first-order chi connectivity index (χ1) is 13.9. The van der Waals surface area contributed by atoms with Gasteiger partial charge < -0.3 is 20.3 Å². The molecule has 2 aromatic carbocycles. The Labute approximate surface area is 173 Å². The molecule has 6 nitrogen and oxygen atoms in total. The van der Waals surface area contributed by atoms with Crippen molar-refractivity contribution >= 4 is 17.5 Å². The molecule has 0 aromatic heterocycles. The van der Waals surface area contributed by atoms with Gasteiger partial charge in [0.1, 0.15) is 5.75 Å². The van der Waals surface area contributed by atoms with Crippen molar-refractivity contribution in [3.63, 3.8) is 0 Å². The van der Waals surface area contributed by atoms with Gasteiger partial charge in [-0.05, 0) is 62.8 Å². The topological polar surface area (TPSA) is 70.7 Å². The fourth-order valence-electron chi connectivity index (χ4n) is 2.98. The van der Waals surface area contributed by atoms with Crippen molar-refractivity contribution in [3.8, 4) is 5.75 Å². The molecule has 0 spiro atoms. The van der Waals surface area contributed by atoms with Gasteiger partial charge in [0, 0.05) is 24.3 Å². The average Bonchev–Trinajstić information content (AvgIpc) is 2.71. The minimum absolute atomic E-state index is 0.0719. The Kier molecular flexibility index (Phi) is 8.68. The third-order valence-corrected chi connectivity index (χ3v) is 4.73. The van der Waals surface area contributed by atoms with Gasteiger partial charge in [0.05, 0.1) is 0 Å². The number of amides is 2. The van der Waals surface area contributed by atoms with E-state index in [4.69, 9.17) is 4.74 Å². The molecule has 2 N–H and O–H groups in total. The molecule has 0 aliphatic rings. The second-order valence-electron chi connectivity index (χ2n) is 6.97. The van der Waals surface area contributed by atoms with E-state index < -0.39 is 0 Å². The van der Waals surface area contributed by atoms with Crippen LogP contribution in [0.1, 0.15) is 35.3 Å². The third-order valence-electron chi connectivity index (χ3n) is 4.73. The van der Waals surface area contributed by atoms with E-state index in [1.165, 1.54) is 0 Å². The van der Waals surface area contributed by atoms with Crippen LogP contribution in [0.5, 0.6) is 5.75 Å². The quantitative estimate of drug-likeness (QED) is 0.645. The van der Waals surface area contributed by atoms with Crippen LogP contribution in [0.3, 0.4) is 0 Å². The van der Waals surface area contributed by atoms with Gasteiger partial charge in [0.25, 0.3) is 11.8 Å². The highest BCUT2D eigenvalue weighted by atomic mass is 16.5. The molecule has 2 amide bonds. The molecule has 0 radical (unpaired) electrons. The zero-order valence-electron chi connectivity index (χ0n) is 17.7. The normalized spacial score (nSPS) is 10.7. The van der Waals surface area contributed by atoms with E-state index in [1.807, 2.05) is 32.0 Å². The number of rotatable bonds is 10. The molecule has 6 heteroatoms. The van der Waals surface area contributed by atoms with E-state index in [2.05, 4.69) is 29.4 Å². The number of anilines is 1. The summed E-state index contributed by atoms with van der Waals surface area (Å²) in [5.41, 5.74) is 3.33. The van der Waals surface area contributed by atoms with Crippen molar-refractivity contribution in [3.05, 3.63) is 59.2 Å². The lowest BCUT2D eigenvalue weighted by atomic mass is 10.1. The molecule has 0 heterocycles. The summed E-state index contributed by atoms with van der Waals surface area (Å²) in [6, 6.07) is 12.7. The Balaban J connectivity index is 1.80. The third kappa shape index (κ3) is 7.23. The second kappa shape index (κ2) is 11.2. The lowest BCUT2D eigenvalue weighted by molar-refractivity contribution is -0.118. The Hall–Kier alpha value is -2.86. The van der Waals surface area contributed by atoms with Crippen LogP contribution in [-0.2, 0) is 4.79 Å². The summed E-state index contributed by atoms with van der Waals surface area (Å²) in [5.74, 6) is 0.331. The van der Waals surface area contributed by atoms with Crippen LogP contribution in [-0.4, -0.2) is 49.5 Å². The first-order valence-corrected chi connectivity index (χ1v) is 10.0. The van der Waals surface area contributed by atoms with E-state index in [-0.39, 0.29) is 18.4 Å². The molecular weight excluding hydrogens is 366 g/mol. The van der Waals surface area contributed by atoms with Crippen LogP contribution in [0.4, 0.5) is 5.69 Å². The second-order valence-corrected chi connectivity index (χ2v) is 6.97. The Morgan fingerprint density at radius 1 is 1.00 bits per heavy atom. The Morgan fingerprint density at radius 2 is 1.69 bits per heavy atom. The summed E-state index contributed by atoms with van der Waals surface area (Å²) in [4.78, 5) is 26.6. The van der Waals surface area contributed by atoms with Crippen LogP contribution in [0, 0.1) is 13.8 Å². The number of hydrogen-bond acceptors (Lipinski definition) is 4. The van der Waals surface area contributed by atoms with Crippen molar-refractivity contribution in [1.82, 2.24) is 10.2 Å². The predicted octanol–water partition coefficient (Wildman–Crippen LogP) is 3.39. The molecule has 0 fully saturated rings. The van der Waals surface area contributed by atoms with E-state index >= 15 is 0 Å². The summed E-state index contributed by atoms with van der Waals surface area (Å²) in [6.45, 7) is 11.5. The largest absolute Gasteiger partial charge is 0.483 e. The minimum Gasteiger partial charge on any atom is -0.483 e. The van der Waals surface area contributed by atoms with Crippen molar-refractivity contribution in [2.75, 3.05) is 38.1 Å². The summed E-state index contributed by atoms with van der Waals surface area (Å²) < 4.78 is 5.59. The number of nitrogens with one attached hydrogen (secondary N) is 2. The maximum Gasteiger partial charge on any atom is 0.262 e. The van der Waals surface area contributed by atoms with Crippen LogP contribution < -0.4 is 15.4 Å². The number of benzene rings is 2. The van der Waals surface area contributed by atoms with Crippen molar-refractivity contribution < 1.29 is 14.3 Å². The molecule has 0 aliphatic carbocycles. The molecule has 0 saturated heterocycles. The number of hydrogen-bond donors (Lipinski definition) is 2. The van der Waals surface area contributed by atoms with Crippen LogP contribution in [0.2, 0.25) is 0 Å². The van der Waals surface area contributed by atoms with Crippen molar-refractivity contribution in [2.45, 2.75) is 27.7 Å². The summed E-state index contributed by atoms with van der Waals surface area (Å²) in [6.07, 6.45) is 0. The highest BCUT2D eigenvalue weighted by Crippen LogP contribution is 2.18. The van der Waals surface area contributed by atoms with Gasteiger partial charge in [-0.15, -0.1) is 0 Å². The van der Waals surface area contributed by atoms with Crippen LogP contribution >= 0.6 is 0 Å². The van der Waals surface area contributed by atoms with E-state index in [0.29, 0.717) is 23.5 Å². The van der Waals surface area contributed by atoms with Crippen LogP contribution in [0.15, 0.2) is 42.5 Å². The van der Waals surface area contributed by atoms with Gasteiger partial charge in [0.2, 0.25) is 0 Å². The maximum atomic E-state index is 12.2. The fraction of sp³-hybridized carbons (Fsp3) is 0.391. The Bertz CT molecular complexity index is 815. The van der Waals surface area contributed by atoms with Gasteiger partial charge in [-0.3, -0.25) is 9.59 Å². The van der Waals surface area contributed by atoms with Gasteiger partial charge in [0.15, 0.2) is 6.61 Å². The van der Waals surface area contributed by atoms with E-state index in [9.17, 15) is 9.59 Å². The maximum absolute atomic E-state index is 12.2. The minimum atomic E-state index is -0.249. The monoisotopic (exact) mass is 397 g/mol. The van der Waals surface area contributed by atoms with Gasteiger partial charge in [-0.2, -0.15) is 0 Å². The van der Waals surface area contributed by atoms with Crippen LogP contribution in [0.25, 0.3) is 0 Å². The predicted molar refractivity (Wildman–Crippen MR) is 117 cm³/mol. The number of carbonyl (C=O) groups is 2. The van der Waals surface area contributed by atoms with Crippen molar-refractivity contribution in [2.24, 2.45) is 0 Å². The molecule has 0 unspecified atom stereocenters. The first kappa shape index (κ1) is 22.4. The highest BCUT2D eigenvalue weighted by molar-refractivity contribution is 5.96. The lowest BCUT2D eigenvalue weighted by Crippen LogP contribution is -2.34. The lowest BCUT2D eigenvalue weighted by Gasteiger charge is -2.18. The summed E-state index contributed by atoms with van der Waals surface area (Å²) >= 11 is 0. The SMILES string of the molecule is CCN(CC)CCNC(=O)c1ccc(NC(=O)COc2ccc(C)cc2C)cc1. The fourth-order valence-corrected chi connectivity index (χ4v) is 2.98. The van der Waals surface area contributed by atoms with Gasteiger partial charge >= 0.3 is 0 Å². The molecule has 156 valence electrons. The molecule has 0 saturated carbocycles. The summed E-state index contributed by atoms with van der Waals surface area (Å²) in [5, 5.41) is 5.70. The molecule has 2 rings (SSSR count). The number of ether oxygens (including phenoxy) is 1. The van der Waals surface area contributed by atoms with E-state index in [1.54, 1.807) is 24.3 Å². The highest BCUT2D eigenvalue weighted by Gasteiger charge is 2.08. The molecule has 2 aromatic rings. The number of nitrogens with zero attached hydrogens (tertiary/aromatic N) is 1. The first-order valence-electron chi connectivity index (χ1n) is 10.0. The number of likely N-dealkylation sites (N-methyl/N-ethyl adjacent to an activating group) is 1. The zero-order valence-corrected chi connectivity index (χ0v) is 17.7. The number of aryl methyl sites for hydroxylation is 2. The van der Waals surface area contributed by atoms with Crippen molar-refractivity contribution in [1.29, 1.82) is 0 Å². The molecule has 0 atom stereocenters. The molecular formula is C23H31N3O3. The molecule has 29 heavy (non-hydrogen) atoms. The van der Waals surface area contributed by atoms with Gasteiger partial charge in [-0.1, -0.05) is 31.5 Å². The molecule has 0 aliphatic heterocycles.